The van der Waals surface area contributed by atoms with Crippen LogP contribution < -0.4 is 5.32 Å². The minimum absolute atomic E-state index is 0.0318. The highest BCUT2D eigenvalue weighted by atomic mass is 16.5. The predicted molar refractivity (Wildman–Crippen MR) is 80.8 cm³/mol. The number of nitrogens with one attached hydrogen (secondary N) is 1. The molecule has 2 amide bonds. The quantitative estimate of drug-likeness (QED) is 0.673. The van der Waals surface area contributed by atoms with Crippen molar-refractivity contribution in [3.8, 4) is 0 Å². The number of anilines is 1. The van der Waals surface area contributed by atoms with E-state index in [0.29, 0.717) is 18.8 Å². The summed E-state index contributed by atoms with van der Waals surface area (Å²) in [6.07, 6.45) is 6.97. The van der Waals surface area contributed by atoms with E-state index < -0.39 is 0 Å². The van der Waals surface area contributed by atoms with Crippen molar-refractivity contribution in [2.45, 2.75) is 52.4 Å². The first kappa shape index (κ1) is 17.2. The van der Waals surface area contributed by atoms with E-state index in [-0.39, 0.29) is 18.4 Å². The number of rotatable bonds is 10. The summed E-state index contributed by atoms with van der Waals surface area (Å²) in [7, 11) is 0. The molecule has 0 aliphatic carbocycles. The fourth-order valence-corrected chi connectivity index (χ4v) is 2.03. The van der Waals surface area contributed by atoms with Gasteiger partial charge in [-0.05, 0) is 12.8 Å². The molecule has 0 atom stereocenters. The second-order valence-electron chi connectivity index (χ2n) is 5.06. The summed E-state index contributed by atoms with van der Waals surface area (Å²) in [5, 5.41) is 6.23. The van der Waals surface area contributed by atoms with Gasteiger partial charge in [0.1, 0.15) is 6.26 Å². The highest BCUT2D eigenvalue weighted by Gasteiger charge is 2.16. The monoisotopic (exact) mass is 295 g/mol. The number of hydrogen-bond acceptors (Lipinski definition) is 4. The predicted octanol–water partition coefficient (Wildman–Crippen LogP) is 2.82. The summed E-state index contributed by atoms with van der Waals surface area (Å²) < 4.78 is 4.65. The van der Waals surface area contributed by atoms with Gasteiger partial charge in [0.05, 0.1) is 6.54 Å². The van der Waals surface area contributed by atoms with Crippen LogP contribution in [0.25, 0.3) is 0 Å². The maximum atomic E-state index is 12.1. The minimum atomic E-state index is -0.246. The number of unbranched alkanes of at least 4 members (excludes halogenated alkanes) is 3. The molecule has 0 saturated heterocycles. The van der Waals surface area contributed by atoms with Crippen molar-refractivity contribution < 1.29 is 14.1 Å². The van der Waals surface area contributed by atoms with Gasteiger partial charge in [-0.15, -0.1) is 0 Å². The van der Waals surface area contributed by atoms with Crippen molar-refractivity contribution >= 4 is 17.6 Å². The third-order valence-electron chi connectivity index (χ3n) is 3.14. The van der Waals surface area contributed by atoms with E-state index in [1.165, 1.54) is 6.26 Å². The first-order valence-electron chi connectivity index (χ1n) is 7.65. The number of nitrogens with zero attached hydrogens (tertiary/aromatic N) is 2. The Hall–Kier alpha value is -1.85. The Morgan fingerprint density at radius 2 is 2.05 bits per heavy atom. The smallest absolute Gasteiger partial charge is 0.245 e. The highest BCUT2D eigenvalue weighted by molar-refractivity contribution is 5.93. The average Bonchev–Trinajstić information content (AvgIpc) is 2.95. The number of carbonyl (C=O) groups is 2. The van der Waals surface area contributed by atoms with Gasteiger partial charge in [0.25, 0.3) is 0 Å². The van der Waals surface area contributed by atoms with Crippen molar-refractivity contribution in [3.05, 3.63) is 12.3 Å². The molecular weight excluding hydrogens is 270 g/mol. The van der Waals surface area contributed by atoms with E-state index in [4.69, 9.17) is 0 Å². The van der Waals surface area contributed by atoms with Gasteiger partial charge in [0.15, 0.2) is 5.82 Å². The first-order chi connectivity index (χ1) is 10.2. The van der Waals surface area contributed by atoms with Crippen molar-refractivity contribution in [2.75, 3.05) is 18.4 Å². The highest BCUT2D eigenvalue weighted by Crippen LogP contribution is 2.06. The Balaban J connectivity index is 2.46. The molecule has 0 fully saturated rings. The third-order valence-corrected chi connectivity index (χ3v) is 3.14. The molecule has 0 aliphatic heterocycles. The maximum absolute atomic E-state index is 12.1. The van der Waals surface area contributed by atoms with Gasteiger partial charge < -0.3 is 14.7 Å². The van der Waals surface area contributed by atoms with Crippen molar-refractivity contribution in [1.82, 2.24) is 10.1 Å². The van der Waals surface area contributed by atoms with Crippen LogP contribution in [0.15, 0.2) is 16.9 Å². The molecule has 0 radical (unpaired) electrons. The molecule has 6 nitrogen and oxygen atoms in total. The van der Waals surface area contributed by atoms with Crippen LogP contribution in [-0.4, -0.2) is 35.0 Å². The van der Waals surface area contributed by atoms with Crippen LogP contribution in [0.5, 0.6) is 0 Å². The molecule has 6 heteroatoms. The Morgan fingerprint density at radius 3 is 2.67 bits per heavy atom. The van der Waals surface area contributed by atoms with E-state index in [0.717, 1.165) is 32.1 Å². The van der Waals surface area contributed by atoms with Crippen LogP contribution in [0.3, 0.4) is 0 Å². The standard InChI is InChI=1S/C15H25N3O3/c1-3-5-6-7-10-18(15(20)8-4-2)12-14(19)16-13-9-11-21-17-13/h9,11H,3-8,10,12H2,1-2H3,(H,16,17,19). The second kappa shape index (κ2) is 9.96. The molecule has 0 saturated carbocycles. The van der Waals surface area contributed by atoms with Crippen molar-refractivity contribution in [1.29, 1.82) is 0 Å². The lowest BCUT2D eigenvalue weighted by Gasteiger charge is -2.21. The maximum Gasteiger partial charge on any atom is 0.245 e. The summed E-state index contributed by atoms with van der Waals surface area (Å²) in [5.41, 5.74) is 0. The zero-order valence-corrected chi connectivity index (χ0v) is 12.9. The zero-order valence-electron chi connectivity index (χ0n) is 12.9. The molecule has 0 bridgehead atoms. The fraction of sp³-hybridized carbons (Fsp3) is 0.667. The molecule has 1 aromatic heterocycles. The van der Waals surface area contributed by atoms with Crippen LogP contribution in [0.2, 0.25) is 0 Å². The molecule has 1 N–H and O–H groups in total. The molecule has 0 aliphatic rings. The Bertz CT molecular complexity index is 418. The van der Waals surface area contributed by atoms with Gasteiger partial charge in [0.2, 0.25) is 11.8 Å². The lowest BCUT2D eigenvalue weighted by molar-refractivity contribution is -0.134. The number of hydrogen-bond donors (Lipinski definition) is 1. The largest absolute Gasteiger partial charge is 0.363 e. The normalized spacial score (nSPS) is 10.4. The topological polar surface area (TPSA) is 75.4 Å². The fourth-order valence-electron chi connectivity index (χ4n) is 2.03. The first-order valence-corrected chi connectivity index (χ1v) is 7.65. The van der Waals surface area contributed by atoms with Crippen LogP contribution >= 0.6 is 0 Å². The van der Waals surface area contributed by atoms with Crippen LogP contribution in [0, 0.1) is 0 Å². The van der Waals surface area contributed by atoms with E-state index in [9.17, 15) is 9.59 Å². The van der Waals surface area contributed by atoms with E-state index in [2.05, 4.69) is 21.9 Å². The molecule has 1 rings (SSSR count). The van der Waals surface area contributed by atoms with Gasteiger partial charge in [-0.1, -0.05) is 38.3 Å². The molecule has 118 valence electrons. The Morgan fingerprint density at radius 1 is 1.24 bits per heavy atom. The van der Waals surface area contributed by atoms with Crippen LogP contribution in [0.1, 0.15) is 52.4 Å². The van der Waals surface area contributed by atoms with Gasteiger partial charge in [-0.2, -0.15) is 0 Å². The van der Waals surface area contributed by atoms with Gasteiger partial charge in [-0.25, -0.2) is 0 Å². The molecule has 0 unspecified atom stereocenters. The van der Waals surface area contributed by atoms with Crippen LogP contribution in [-0.2, 0) is 9.59 Å². The third kappa shape index (κ3) is 6.92. The Kier molecular flexibility index (Phi) is 8.16. The van der Waals surface area contributed by atoms with Gasteiger partial charge in [0, 0.05) is 19.0 Å². The zero-order chi connectivity index (χ0) is 15.5. The summed E-state index contributed by atoms with van der Waals surface area (Å²) in [4.78, 5) is 25.6. The summed E-state index contributed by atoms with van der Waals surface area (Å²) >= 11 is 0. The van der Waals surface area contributed by atoms with Crippen molar-refractivity contribution in [3.63, 3.8) is 0 Å². The van der Waals surface area contributed by atoms with Gasteiger partial charge >= 0.3 is 0 Å². The van der Waals surface area contributed by atoms with E-state index in [1.54, 1.807) is 11.0 Å². The second-order valence-corrected chi connectivity index (χ2v) is 5.06. The molecule has 0 aromatic carbocycles. The van der Waals surface area contributed by atoms with E-state index in [1.807, 2.05) is 6.92 Å². The molecule has 1 heterocycles. The minimum Gasteiger partial charge on any atom is -0.363 e. The summed E-state index contributed by atoms with van der Waals surface area (Å²) in [5.74, 6) is 0.155. The lowest BCUT2D eigenvalue weighted by atomic mass is 10.2. The summed E-state index contributed by atoms with van der Waals surface area (Å²) in [6, 6.07) is 1.57. The lowest BCUT2D eigenvalue weighted by Crippen LogP contribution is -2.38. The molecule has 0 spiro atoms. The van der Waals surface area contributed by atoms with Crippen molar-refractivity contribution in [2.24, 2.45) is 0 Å². The van der Waals surface area contributed by atoms with Crippen LogP contribution in [0.4, 0.5) is 5.82 Å². The number of carbonyl (C=O) groups excluding carboxylic acids is 2. The average molecular weight is 295 g/mol. The number of amides is 2. The number of aromatic nitrogens is 1. The molecule has 21 heavy (non-hydrogen) atoms. The van der Waals surface area contributed by atoms with E-state index >= 15 is 0 Å². The molecular formula is C15H25N3O3. The SMILES string of the molecule is CCCCCCN(CC(=O)Nc1ccon1)C(=O)CCC. The molecule has 1 aromatic rings. The summed E-state index contributed by atoms with van der Waals surface area (Å²) in [6.45, 7) is 4.80. The Labute approximate surface area is 125 Å². The van der Waals surface area contributed by atoms with Gasteiger partial charge in [-0.3, -0.25) is 9.59 Å².